The van der Waals surface area contributed by atoms with E-state index in [9.17, 15) is 17.6 Å². The number of hydrogen-bond acceptors (Lipinski definition) is 4. The van der Waals surface area contributed by atoms with Crippen LogP contribution in [0.2, 0.25) is 0 Å². The maximum Gasteiger partial charge on any atom is 0.326 e. The highest BCUT2D eigenvalue weighted by atomic mass is 32.2. The van der Waals surface area contributed by atoms with Crippen LogP contribution in [0.25, 0.3) is 0 Å². The van der Waals surface area contributed by atoms with Crippen LogP contribution in [0, 0.1) is 5.82 Å². The second-order valence-corrected chi connectivity index (χ2v) is 7.23. The van der Waals surface area contributed by atoms with Crippen LogP contribution in [-0.2, 0) is 21.2 Å². The Morgan fingerprint density at radius 3 is 2.21 bits per heavy atom. The van der Waals surface area contributed by atoms with E-state index in [1.165, 1.54) is 7.05 Å². The molecule has 0 fully saturated rings. The minimum absolute atomic E-state index is 0.0912. The van der Waals surface area contributed by atoms with E-state index in [0.717, 1.165) is 40.6 Å². The van der Waals surface area contributed by atoms with Gasteiger partial charge in [0, 0.05) is 7.05 Å². The molecule has 0 N–H and O–H groups in total. The van der Waals surface area contributed by atoms with Crippen LogP contribution in [-0.4, -0.2) is 32.3 Å². The van der Waals surface area contributed by atoms with Crippen LogP contribution in [0.3, 0.4) is 0 Å². The van der Waals surface area contributed by atoms with Gasteiger partial charge in [-0.2, -0.15) is 4.31 Å². The molecule has 2 aromatic rings. The van der Waals surface area contributed by atoms with E-state index in [1.807, 2.05) is 19.1 Å². The number of rotatable bonds is 6. The van der Waals surface area contributed by atoms with Gasteiger partial charge < -0.3 is 4.74 Å². The number of likely N-dealkylation sites (N-methyl/N-ethyl adjacent to an activating group) is 1. The lowest BCUT2D eigenvalue weighted by Gasteiger charge is -2.16. The average molecular weight is 351 g/mol. The van der Waals surface area contributed by atoms with Gasteiger partial charge in [-0.15, -0.1) is 0 Å². The van der Waals surface area contributed by atoms with Gasteiger partial charge in [-0.1, -0.05) is 19.1 Å². The van der Waals surface area contributed by atoms with Gasteiger partial charge >= 0.3 is 5.97 Å². The standard InChI is InChI=1S/C17H18FNO4S/c1-3-13-4-8-15(9-5-13)23-17(20)12-19(2)24(21,22)16-10-6-14(18)7-11-16/h4-11H,3,12H2,1-2H3. The van der Waals surface area contributed by atoms with Crippen LogP contribution in [0.1, 0.15) is 12.5 Å². The Kier molecular flexibility index (Phi) is 5.69. The zero-order chi connectivity index (χ0) is 17.7. The van der Waals surface area contributed by atoms with Crippen molar-refractivity contribution >= 4 is 16.0 Å². The molecule has 24 heavy (non-hydrogen) atoms. The smallest absolute Gasteiger partial charge is 0.326 e. The molecule has 0 aliphatic heterocycles. The van der Waals surface area contributed by atoms with Crippen molar-refractivity contribution in [3.63, 3.8) is 0 Å². The molecule has 0 saturated heterocycles. The predicted molar refractivity (Wildman–Crippen MR) is 87.7 cm³/mol. The Morgan fingerprint density at radius 1 is 1.08 bits per heavy atom. The van der Waals surface area contributed by atoms with Crippen LogP contribution < -0.4 is 4.74 Å². The summed E-state index contributed by atoms with van der Waals surface area (Å²) in [7, 11) is -2.62. The quantitative estimate of drug-likeness (QED) is 0.593. The van der Waals surface area contributed by atoms with Crippen LogP contribution in [0.5, 0.6) is 5.75 Å². The first kappa shape index (κ1) is 18.1. The molecule has 0 unspecified atom stereocenters. The molecular formula is C17H18FNO4S. The van der Waals surface area contributed by atoms with Crippen molar-refractivity contribution in [3.8, 4) is 5.75 Å². The van der Waals surface area contributed by atoms with E-state index in [2.05, 4.69) is 0 Å². The zero-order valence-corrected chi connectivity index (χ0v) is 14.2. The lowest BCUT2D eigenvalue weighted by molar-refractivity contribution is -0.134. The number of aryl methyl sites for hydroxylation is 1. The van der Waals surface area contributed by atoms with Crippen LogP contribution in [0.4, 0.5) is 4.39 Å². The normalized spacial score (nSPS) is 11.5. The van der Waals surface area contributed by atoms with Gasteiger partial charge in [0.1, 0.15) is 18.1 Å². The Labute approximate surface area is 140 Å². The monoisotopic (exact) mass is 351 g/mol. The third-order valence-corrected chi connectivity index (χ3v) is 5.25. The van der Waals surface area contributed by atoms with E-state index in [4.69, 9.17) is 4.74 Å². The molecule has 0 radical (unpaired) electrons. The maximum atomic E-state index is 12.9. The minimum Gasteiger partial charge on any atom is -0.426 e. The third-order valence-electron chi connectivity index (χ3n) is 3.44. The number of hydrogen-bond donors (Lipinski definition) is 0. The van der Waals surface area contributed by atoms with E-state index >= 15 is 0 Å². The maximum absolute atomic E-state index is 12.9. The van der Waals surface area contributed by atoms with Gasteiger partial charge in [0.05, 0.1) is 4.90 Å². The summed E-state index contributed by atoms with van der Waals surface area (Å²) < 4.78 is 43.5. The Balaban J connectivity index is 2.03. The number of carbonyl (C=O) groups excluding carboxylic acids is 1. The highest BCUT2D eigenvalue weighted by Crippen LogP contribution is 2.16. The summed E-state index contributed by atoms with van der Waals surface area (Å²) in [6.07, 6.45) is 0.868. The first-order valence-electron chi connectivity index (χ1n) is 7.34. The molecule has 0 aliphatic rings. The highest BCUT2D eigenvalue weighted by molar-refractivity contribution is 7.89. The predicted octanol–water partition coefficient (Wildman–Crippen LogP) is 2.61. The highest BCUT2D eigenvalue weighted by Gasteiger charge is 2.23. The Morgan fingerprint density at radius 2 is 1.67 bits per heavy atom. The summed E-state index contributed by atoms with van der Waals surface area (Å²) in [6.45, 7) is 1.56. The van der Waals surface area contributed by atoms with E-state index < -0.39 is 28.4 Å². The summed E-state index contributed by atoms with van der Waals surface area (Å²) in [6, 6.07) is 11.4. The molecule has 2 rings (SSSR count). The SMILES string of the molecule is CCc1ccc(OC(=O)CN(C)S(=O)(=O)c2ccc(F)cc2)cc1. The van der Waals surface area contributed by atoms with Gasteiger partial charge in [-0.3, -0.25) is 4.79 Å². The molecule has 2 aromatic carbocycles. The number of halogens is 1. The molecule has 128 valence electrons. The lowest BCUT2D eigenvalue weighted by Crippen LogP contribution is -2.34. The average Bonchev–Trinajstić information content (AvgIpc) is 2.55. The second-order valence-electron chi connectivity index (χ2n) is 5.19. The molecule has 7 heteroatoms. The minimum atomic E-state index is -3.89. The fourth-order valence-corrected chi connectivity index (χ4v) is 3.13. The van der Waals surface area contributed by atoms with Crippen molar-refractivity contribution in [1.82, 2.24) is 4.31 Å². The number of benzene rings is 2. The van der Waals surface area contributed by atoms with Gasteiger partial charge in [0.2, 0.25) is 10.0 Å². The molecule has 0 aliphatic carbocycles. The third kappa shape index (κ3) is 4.39. The number of sulfonamides is 1. The summed E-state index contributed by atoms with van der Waals surface area (Å²) >= 11 is 0. The molecule has 5 nitrogen and oxygen atoms in total. The van der Waals surface area contributed by atoms with Crippen LogP contribution in [0.15, 0.2) is 53.4 Å². The molecule has 0 amide bonds. The van der Waals surface area contributed by atoms with Crippen molar-refractivity contribution in [1.29, 1.82) is 0 Å². The number of carbonyl (C=O) groups is 1. The number of ether oxygens (including phenoxy) is 1. The first-order valence-corrected chi connectivity index (χ1v) is 8.78. The van der Waals surface area contributed by atoms with E-state index in [1.54, 1.807) is 12.1 Å². The molecule has 0 spiro atoms. The summed E-state index contributed by atoms with van der Waals surface area (Å²) in [5.41, 5.74) is 1.10. The topological polar surface area (TPSA) is 63.7 Å². The van der Waals surface area contributed by atoms with Gasteiger partial charge in [0.15, 0.2) is 0 Å². The lowest BCUT2D eigenvalue weighted by atomic mass is 10.2. The summed E-state index contributed by atoms with van der Waals surface area (Å²) in [5.74, 6) is -0.885. The number of esters is 1. The van der Waals surface area contributed by atoms with Crippen molar-refractivity contribution in [2.75, 3.05) is 13.6 Å². The fourth-order valence-electron chi connectivity index (χ4n) is 2.01. The van der Waals surface area contributed by atoms with Gasteiger partial charge in [0.25, 0.3) is 0 Å². The van der Waals surface area contributed by atoms with Crippen molar-refractivity contribution < 1.29 is 22.3 Å². The molecule has 0 heterocycles. The molecule has 0 bridgehead atoms. The summed E-state index contributed by atoms with van der Waals surface area (Å²) in [5, 5.41) is 0. The van der Waals surface area contributed by atoms with Crippen molar-refractivity contribution in [2.24, 2.45) is 0 Å². The molecule has 0 saturated carbocycles. The Bertz CT molecular complexity index is 801. The number of nitrogens with zero attached hydrogens (tertiary/aromatic N) is 1. The molecule has 0 atom stereocenters. The van der Waals surface area contributed by atoms with E-state index in [0.29, 0.717) is 5.75 Å². The van der Waals surface area contributed by atoms with Gasteiger partial charge in [-0.25, -0.2) is 12.8 Å². The largest absolute Gasteiger partial charge is 0.426 e. The zero-order valence-electron chi connectivity index (χ0n) is 13.4. The summed E-state index contributed by atoms with van der Waals surface area (Å²) in [4.78, 5) is 11.8. The Hall–Kier alpha value is -2.25. The van der Waals surface area contributed by atoms with Crippen molar-refractivity contribution in [3.05, 3.63) is 59.9 Å². The van der Waals surface area contributed by atoms with Crippen molar-refractivity contribution in [2.45, 2.75) is 18.2 Å². The first-order chi connectivity index (χ1) is 11.3. The molecular weight excluding hydrogens is 333 g/mol. The van der Waals surface area contributed by atoms with E-state index in [-0.39, 0.29) is 4.90 Å². The van der Waals surface area contributed by atoms with Gasteiger partial charge in [-0.05, 0) is 48.4 Å². The fraction of sp³-hybridized carbons (Fsp3) is 0.235. The van der Waals surface area contributed by atoms with Crippen LogP contribution >= 0.6 is 0 Å². The molecule has 0 aromatic heterocycles. The second kappa shape index (κ2) is 7.55.